The Labute approximate surface area is 90.3 Å². The molecular formula is C10H7N5O. The third-order valence-electron chi connectivity index (χ3n) is 2.10. The van der Waals surface area contributed by atoms with Gasteiger partial charge in [0.2, 0.25) is 0 Å². The van der Waals surface area contributed by atoms with Crippen LogP contribution in [0.15, 0.2) is 41.5 Å². The van der Waals surface area contributed by atoms with Crippen LogP contribution in [0, 0.1) is 0 Å². The van der Waals surface area contributed by atoms with Gasteiger partial charge in [0.25, 0.3) is 0 Å². The van der Waals surface area contributed by atoms with Gasteiger partial charge in [-0.3, -0.25) is 0 Å². The molecule has 0 amide bonds. The smallest absolute Gasteiger partial charge is 0.137 e. The lowest BCUT2D eigenvalue weighted by atomic mass is 10.2. The van der Waals surface area contributed by atoms with Crippen LogP contribution in [0.4, 0.5) is 11.4 Å². The molecule has 0 spiro atoms. The fourth-order valence-corrected chi connectivity index (χ4v) is 1.39. The Bertz CT molecular complexity index is 607. The van der Waals surface area contributed by atoms with Gasteiger partial charge in [-0.2, -0.15) is 0 Å². The fourth-order valence-electron chi connectivity index (χ4n) is 1.39. The molecule has 78 valence electrons. The molecule has 0 aliphatic rings. The number of fused-ring (bicyclic) bond motifs is 1. The molecule has 0 aliphatic carbocycles. The average Bonchev–Trinajstić information content (AvgIpc) is 2.77. The lowest BCUT2D eigenvalue weighted by Gasteiger charge is -2.03. The van der Waals surface area contributed by atoms with E-state index in [1.165, 1.54) is 6.33 Å². The maximum absolute atomic E-state index is 4.62. The Morgan fingerprint density at radius 3 is 2.62 bits per heavy atom. The highest BCUT2D eigenvalue weighted by atomic mass is 16.6. The van der Waals surface area contributed by atoms with E-state index in [9.17, 15) is 0 Å². The minimum atomic E-state index is 0.710. The number of anilines is 2. The number of hydrogen-bond donors (Lipinski definition) is 1. The van der Waals surface area contributed by atoms with Crippen molar-refractivity contribution in [3.63, 3.8) is 0 Å². The summed E-state index contributed by atoms with van der Waals surface area (Å²) in [5.74, 6) is 0. The van der Waals surface area contributed by atoms with Gasteiger partial charge in [-0.05, 0) is 28.5 Å². The summed E-state index contributed by atoms with van der Waals surface area (Å²) in [6.45, 7) is 0. The van der Waals surface area contributed by atoms with Crippen LogP contribution in [-0.2, 0) is 0 Å². The molecule has 2 heterocycles. The molecule has 0 atom stereocenters. The number of nitrogens with zero attached hydrogens (tertiary/aromatic N) is 4. The van der Waals surface area contributed by atoms with Crippen LogP contribution >= 0.6 is 0 Å². The average molecular weight is 213 g/mol. The van der Waals surface area contributed by atoms with E-state index < -0.39 is 0 Å². The quantitative estimate of drug-likeness (QED) is 0.698. The Balaban J connectivity index is 1.94. The Kier molecular flexibility index (Phi) is 1.96. The molecule has 3 rings (SSSR count). The molecule has 0 saturated heterocycles. The molecular weight excluding hydrogens is 206 g/mol. The third kappa shape index (κ3) is 1.56. The van der Waals surface area contributed by atoms with Gasteiger partial charge in [-0.1, -0.05) is 0 Å². The van der Waals surface area contributed by atoms with Gasteiger partial charge in [-0.25, -0.2) is 14.6 Å². The normalized spacial score (nSPS) is 10.5. The van der Waals surface area contributed by atoms with Crippen LogP contribution < -0.4 is 5.32 Å². The molecule has 2 aromatic heterocycles. The second-order valence-electron chi connectivity index (χ2n) is 3.22. The first kappa shape index (κ1) is 8.78. The van der Waals surface area contributed by atoms with E-state index in [0.717, 1.165) is 16.9 Å². The zero-order valence-corrected chi connectivity index (χ0v) is 8.16. The van der Waals surface area contributed by atoms with Gasteiger partial charge >= 0.3 is 0 Å². The zero-order chi connectivity index (χ0) is 10.8. The summed E-state index contributed by atoms with van der Waals surface area (Å²) >= 11 is 0. The molecule has 0 fully saturated rings. The predicted molar refractivity (Wildman–Crippen MR) is 57.1 cm³/mol. The van der Waals surface area contributed by atoms with Crippen molar-refractivity contribution >= 4 is 22.4 Å². The summed E-state index contributed by atoms with van der Waals surface area (Å²) in [5, 5.41) is 10.6. The van der Waals surface area contributed by atoms with Crippen LogP contribution in [-0.4, -0.2) is 20.3 Å². The highest BCUT2D eigenvalue weighted by molar-refractivity contribution is 5.78. The third-order valence-corrected chi connectivity index (χ3v) is 2.10. The molecule has 1 aromatic carbocycles. The molecule has 0 radical (unpaired) electrons. The molecule has 1 N–H and O–H groups in total. The second-order valence-corrected chi connectivity index (χ2v) is 3.22. The van der Waals surface area contributed by atoms with Crippen molar-refractivity contribution in [2.75, 3.05) is 5.32 Å². The first-order valence-electron chi connectivity index (χ1n) is 4.66. The van der Waals surface area contributed by atoms with Crippen LogP contribution in [0.5, 0.6) is 0 Å². The summed E-state index contributed by atoms with van der Waals surface area (Å²) in [4.78, 5) is 7.83. The van der Waals surface area contributed by atoms with Crippen molar-refractivity contribution in [3.05, 3.63) is 36.9 Å². The number of hydrogen-bond acceptors (Lipinski definition) is 6. The fraction of sp³-hybridized carbons (Fsp3) is 0. The van der Waals surface area contributed by atoms with E-state index in [2.05, 4.69) is 30.2 Å². The minimum Gasteiger partial charge on any atom is -0.353 e. The summed E-state index contributed by atoms with van der Waals surface area (Å²) < 4.78 is 4.62. The number of rotatable bonds is 2. The van der Waals surface area contributed by atoms with Crippen LogP contribution in [0.1, 0.15) is 0 Å². The van der Waals surface area contributed by atoms with E-state index in [1.807, 2.05) is 18.2 Å². The highest BCUT2D eigenvalue weighted by Crippen LogP contribution is 2.18. The van der Waals surface area contributed by atoms with Crippen molar-refractivity contribution in [2.24, 2.45) is 0 Å². The molecule has 0 aliphatic heterocycles. The Morgan fingerprint density at radius 1 is 0.938 bits per heavy atom. The van der Waals surface area contributed by atoms with E-state index in [-0.39, 0.29) is 0 Å². The Hall–Kier alpha value is -2.50. The van der Waals surface area contributed by atoms with Crippen molar-refractivity contribution < 1.29 is 4.63 Å². The molecule has 6 nitrogen and oxygen atoms in total. The number of nitrogens with one attached hydrogen (secondary N) is 1. The van der Waals surface area contributed by atoms with Gasteiger partial charge in [0, 0.05) is 5.69 Å². The van der Waals surface area contributed by atoms with Gasteiger partial charge in [0.15, 0.2) is 0 Å². The summed E-state index contributed by atoms with van der Waals surface area (Å²) in [6, 6.07) is 5.57. The van der Waals surface area contributed by atoms with Gasteiger partial charge in [-0.15, -0.1) is 0 Å². The molecule has 6 heteroatoms. The van der Waals surface area contributed by atoms with Crippen molar-refractivity contribution in [1.82, 2.24) is 20.3 Å². The Morgan fingerprint density at radius 2 is 1.75 bits per heavy atom. The summed E-state index contributed by atoms with van der Waals surface area (Å²) in [7, 11) is 0. The monoisotopic (exact) mass is 213 g/mol. The minimum absolute atomic E-state index is 0.710. The number of benzene rings is 1. The van der Waals surface area contributed by atoms with Crippen LogP contribution in [0.3, 0.4) is 0 Å². The lowest BCUT2D eigenvalue weighted by molar-refractivity contribution is 0.315. The molecule has 3 aromatic rings. The summed E-state index contributed by atoms with van der Waals surface area (Å²) in [6.07, 6.45) is 4.87. The maximum atomic E-state index is 4.62. The molecule has 0 unspecified atom stereocenters. The van der Waals surface area contributed by atoms with Gasteiger partial charge < -0.3 is 5.32 Å². The zero-order valence-electron chi connectivity index (χ0n) is 8.16. The molecule has 0 saturated carbocycles. The van der Waals surface area contributed by atoms with E-state index in [4.69, 9.17) is 0 Å². The van der Waals surface area contributed by atoms with E-state index in [1.54, 1.807) is 12.4 Å². The van der Waals surface area contributed by atoms with E-state index >= 15 is 0 Å². The first-order valence-corrected chi connectivity index (χ1v) is 4.66. The van der Waals surface area contributed by atoms with Crippen molar-refractivity contribution in [3.8, 4) is 0 Å². The van der Waals surface area contributed by atoms with Crippen LogP contribution in [0.2, 0.25) is 0 Å². The van der Waals surface area contributed by atoms with Crippen LogP contribution in [0.25, 0.3) is 11.0 Å². The van der Waals surface area contributed by atoms with Crippen molar-refractivity contribution in [1.29, 1.82) is 0 Å². The SMILES string of the molecule is c1ncc(Nc2ccc3nonc3c2)cn1. The van der Waals surface area contributed by atoms with Gasteiger partial charge in [0.05, 0.1) is 18.1 Å². The highest BCUT2D eigenvalue weighted by Gasteiger charge is 2.01. The number of aromatic nitrogens is 4. The maximum Gasteiger partial charge on any atom is 0.137 e. The van der Waals surface area contributed by atoms with E-state index in [0.29, 0.717) is 5.52 Å². The van der Waals surface area contributed by atoms with Gasteiger partial charge in [0.1, 0.15) is 17.4 Å². The summed E-state index contributed by atoms with van der Waals surface area (Å²) in [5.41, 5.74) is 3.15. The molecule has 0 bridgehead atoms. The lowest BCUT2D eigenvalue weighted by Crippen LogP contribution is -1.91. The largest absolute Gasteiger partial charge is 0.353 e. The second kappa shape index (κ2) is 3.58. The van der Waals surface area contributed by atoms with Crippen molar-refractivity contribution in [2.45, 2.75) is 0 Å². The molecule has 16 heavy (non-hydrogen) atoms. The standard InChI is InChI=1S/C10H7N5O/c1-2-9-10(15-16-14-9)3-7(1)13-8-4-11-6-12-5-8/h1-6,13H. The first-order chi connectivity index (χ1) is 7.92. The predicted octanol–water partition coefficient (Wildman–Crippen LogP) is 1.76. The topological polar surface area (TPSA) is 76.7 Å².